The number of hydrogen-bond acceptors (Lipinski definition) is 2. The Balaban J connectivity index is 2.23. The van der Waals surface area contributed by atoms with Crippen molar-refractivity contribution in [3.05, 3.63) is 36.1 Å². The molecule has 2 aromatic rings. The van der Waals surface area contributed by atoms with Crippen molar-refractivity contribution in [2.45, 2.75) is 26.3 Å². The van der Waals surface area contributed by atoms with Gasteiger partial charge in [-0.2, -0.15) is 0 Å². The first-order valence-corrected chi connectivity index (χ1v) is 5.49. The van der Waals surface area contributed by atoms with Crippen molar-refractivity contribution in [1.82, 2.24) is 5.32 Å². The number of nitrogens with one attached hydrogen (secondary N) is 1. The summed E-state index contributed by atoms with van der Waals surface area (Å²) in [6.07, 6.45) is 2.80. The van der Waals surface area contributed by atoms with E-state index >= 15 is 0 Å². The molecule has 0 amide bonds. The van der Waals surface area contributed by atoms with E-state index in [-0.39, 0.29) is 0 Å². The average Bonchev–Trinajstić information content (AvgIpc) is 2.67. The van der Waals surface area contributed by atoms with Crippen LogP contribution in [0.3, 0.4) is 0 Å². The van der Waals surface area contributed by atoms with Crippen LogP contribution in [0.2, 0.25) is 0 Å². The van der Waals surface area contributed by atoms with Crippen molar-refractivity contribution in [1.29, 1.82) is 0 Å². The average molecular weight is 203 g/mol. The highest BCUT2D eigenvalue weighted by atomic mass is 16.3. The van der Waals surface area contributed by atoms with Crippen LogP contribution in [0.25, 0.3) is 11.0 Å². The van der Waals surface area contributed by atoms with Crippen LogP contribution in [0, 0.1) is 0 Å². The lowest BCUT2D eigenvalue weighted by atomic mass is 10.0. The van der Waals surface area contributed by atoms with E-state index in [1.807, 2.05) is 12.1 Å². The highest BCUT2D eigenvalue weighted by Gasteiger charge is 2.06. The molecule has 1 unspecified atom stereocenters. The van der Waals surface area contributed by atoms with Gasteiger partial charge in [-0.25, -0.2) is 0 Å². The third-order valence-electron chi connectivity index (χ3n) is 2.66. The SMILES string of the molecule is CCNC(C)Cc1cccc2occc12. The fraction of sp³-hybridized carbons (Fsp3) is 0.385. The Labute approximate surface area is 90.3 Å². The van der Waals surface area contributed by atoms with E-state index in [4.69, 9.17) is 4.42 Å². The number of hydrogen-bond donors (Lipinski definition) is 1. The van der Waals surface area contributed by atoms with Crippen molar-refractivity contribution in [3.63, 3.8) is 0 Å². The van der Waals surface area contributed by atoms with Crippen LogP contribution in [-0.4, -0.2) is 12.6 Å². The lowest BCUT2D eigenvalue weighted by Crippen LogP contribution is -2.27. The molecule has 1 aromatic heterocycles. The highest BCUT2D eigenvalue weighted by molar-refractivity contribution is 5.80. The van der Waals surface area contributed by atoms with Gasteiger partial charge in [0.15, 0.2) is 0 Å². The second kappa shape index (κ2) is 4.49. The number of rotatable bonds is 4. The second-order valence-corrected chi connectivity index (χ2v) is 3.91. The lowest BCUT2D eigenvalue weighted by molar-refractivity contribution is 0.566. The molecule has 0 aliphatic carbocycles. The molecule has 1 aromatic carbocycles. The summed E-state index contributed by atoms with van der Waals surface area (Å²) in [5, 5.41) is 4.66. The Morgan fingerprint density at radius 3 is 3.00 bits per heavy atom. The normalized spacial score (nSPS) is 13.2. The van der Waals surface area contributed by atoms with Gasteiger partial charge in [-0.15, -0.1) is 0 Å². The molecule has 0 saturated carbocycles. The molecular weight excluding hydrogens is 186 g/mol. The van der Waals surface area contributed by atoms with Crippen molar-refractivity contribution in [2.24, 2.45) is 0 Å². The minimum atomic E-state index is 0.510. The standard InChI is InChI=1S/C13H17NO/c1-3-14-10(2)9-11-5-4-6-13-12(11)7-8-15-13/h4-8,10,14H,3,9H2,1-2H3. The number of likely N-dealkylation sites (N-methyl/N-ethyl adjacent to an activating group) is 1. The van der Waals surface area contributed by atoms with Gasteiger partial charge in [-0.1, -0.05) is 19.1 Å². The third kappa shape index (κ3) is 2.21. The summed E-state index contributed by atoms with van der Waals surface area (Å²) >= 11 is 0. The molecule has 0 saturated heterocycles. The Bertz CT molecular complexity index is 433. The third-order valence-corrected chi connectivity index (χ3v) is 2.66. The zero-order valence-corrected chi connectivity index (χ0v) is 9.29. The van der Waals surface area contributed by atoms with Crippen molar-refractivity contribution in [3.8, 4) is 0 Å². The van der Waals surface area contributed by atoms with Gasteiger partial charge in [-0.3, -0.25) is 0 Å². The molecule has 80 valence electrons. The van der Waals surface area contributed by atoms with E-state index in [0.717, 1.165) is 18.5 Å². The molecule has 2 heteroatoms. The van der Waals surface area contributed by atoms with Crippen LogP contribution in [0.4, 0.5) is 0 Å². The zero-order valence-electron chi connectivity index (χ0n) is 9.29. The van der Waals surface area contributed by atoms with Gasteiger partial charge in [0.05, 0.1) is 6.26 Å². The molecule has 1 N–H and O–H groups in total. The highest BCUT2D eigenvalue weighted by Crippen LogP contribution is 2.20. The Hall–Kier alpha value is -1.28. The molecule has 1 atom stereocenters. The Kier molecular flexibility index (Phi) is 3.07. The van der Waals surface area contributed by atoms with Crippen molar-refractivity contribution < 1.29 is 4.42 Å². The summed E-state index contributed by atoms with van der Waals surface area (Å²) in [7, 11) is 0. The summed E-state index contributed by atoms with van der Waals surface area (Å²) in [5.74, 6) is 0. The molecule has 15 heavy (non-hydrogen) atoms. The quantitative estimate of drug-likeness (QED) is 0.826. The molecule has 0 fully saturated rings. The number of fused-ring (bicyclic) bond motifs is 1. The predicted octanol–water partition coefficient (Wildman–Crippen LogP) is 2.97. The van der Waals surface area contributed by atoms with Crippen molar-refractivity contribution >= 4 is 11.0 Å². The zero-order chi connectivity index (χ0) is 10.7. The van der Waals surface area contributed by atoms with Crippen LogP contribution in [0.15, 0.2) is 34.9 Å². The first kappa shape index (κ1) is 10.2. The molecule has 0 spiro atoms. The van der Waals surface area contributed by atoms with Gasteiger partial charge in [0.2, 0.25) is 0 Å². The van der Waals surface area contributed by atoms with E-state index in [0.29, 0.717) is 6.04 Å². The second-order valence-electron chi connectivity index (χ2n) is 3.91. The minimum Gasteiger partial charge on any atom is -0.464 e. The van der Waals surface area contributed by atoms with Crippen LogP contribution >= 0.6 is 0 Å². The topological polar surface area (TPSA) is 25.2 Å². The molecule has 2 nitrogen and oxygen atoms in total. The summed E-state index contributed by atoms with van der Waals surface area (Å²) in [6.45, 7) is 5.36. The molecular formula is C13H17NO. The maximum absolute atomic E-state index is 5.38. The van der Waals surface area contributed by atoms with E-state index < -0.39 is 0 Å². The Morgan fingerprint density at radius 2 is 2.20 bits per heavy atom. The van der Waals surface area contributed by atoms with E-state index in [1.54, 1.807) is 6.26 Å². The molecule has 0 aliphatic heterocycles. The van der Waals surface area contributed by atoms with Gasteiger partial charge >= 0.3 is 0 Å². The molecule has 0 radical (unpaired) electrons. The lowest BCUT2D eigenvalue weighted by Gasteiger charge is -2.12. The summed E-state index contributed by atoms with van der Waals surface area (Å²) in [6, 6.07) is 8.79. The largest absolute Gasteiger partial charge is 0.464 e. The predicted molar refractivity (Wildman–Crippen MR) is 63.1 cm³/mol. The van der Waals surface area contributed by atoms with Crippen molar-refractivity contribution in [2.75, 3.05) is 6.54 Å². The number of furan rings is 1. The first-order chi connectivity index (χ1) is 7.31. The minimum absolute atomic E-state index is 0.510. The maximum atomic E-state index is 5.38. The van der Waals surface area contributed by atoms with E-state index in [2.05, 4.69) is 31.3 Å². The summed E-state index contributed by atoms with van der Waals surface area (Å²) in [4.78, 5) is 0. The fourth-order valence-electron chi connectivity index (χ4n) is 1.99. The molecule has 0 bridgehead atoms. The number of benzene rings is 1. The van der Waals surface area contributed by atoms with Crippen LogP contribution in [0.1, 0.15) is 19.4 Å². The summed E-state index contributed by atoms with van der Waals surface area (Å²) in [5.41, 5.74) is 2.34. The van der Waals surface area contributed by atoms with Crippen LogP contribution in [0.5, 0.6) is 0 Å². The van der Waals surface area contributed by atoms with Gasteiger partial charge < -0.3 is 9.73 Å². The van der Waals surface area contributed by atoms with Gasteiger partial charge in [-0.05, 0) is 37.6 Å². The maximum Gasteiger partial charge on any atom is 0.134 e. The van der Waals surface area contributed by atoms with E-state index in [9.17, 15) is 0 Å². The summed E-state index contributed by atoms with van der Waals surface area (Å²) < 4.78 is 5.38. The van der Waals surface area contributed by atoms with Crippen LogP contribution in [-0.2, 0) is 6.42 Å². The van der Waals surface area contributed by atoms with Gasteiger partial charge in [0.25, 0.3) is 0 Å². The fourth-order valence-corrected chi connectivity index (χ4v) is 1.99. The molecule has 1 heterocycles. The first-order valence-electron chi connectivity index (χ1n) is 5.49. The molecule has 2 rings (SSSR count). The van der Waals surface area contributed by atoms with Gasteiger partial charge in [0.1, 0.15) is 5.58 Å². The monoisotopic (exact) mass is 203 g/mol. The molecule has 0 aliphatic rings. The van der Waals surface area contributed by atoms with Gasteiger partial charge in [0, 0.05) is 11.4 Å². The Morgan fingerprint density at radius 1 is 1.33 bits per heavy atom. The van der Waals surface area contributed by atoms with E-state index in [1.165, 1.54) is 10.9 Å². The van der Waals surface area contributed by atoms with Crippen LogP contribution < -0.4 is 5.32 Å². The smallest absolute Gasteiger partial charge is 0.134 e.